The van der Waals surface area contributed by atoms with E-state index in [0.29, 0.717) is 6.54 Å². The molecule has 0 atom stereocenters. The second kappa shape index (κ2) is 7.41. The molecule has 0 radical (unpaired) electrons. The van der Waals surface area contributed by atoms with Crippen molar-refractivity contribution in [2.75, 3.05) is 10.6 Å². The molecule has 2 amide bonds. The lowest BCUT2D eigenvalue weighted by Crippen LogP contribution is -2.19. The van der Waals surface area contributed by atoms with Crippen LogP contribution in [0.3, 0.4) is 0 Å². The Kier molecular flexibility index (Phi) is 5.85. The number of hydrogen-bond acceptors (Lipinski definition) is 2. The van der Waals surface area contributed by atoms with Crippen molar-refractivity contribution in [3.8, 4) is 0 Å². The summed E-state index contributed by atoms with van der Waals surface area (Å²) >= 11 is 0. The van der Waals surface area contributed by atoms with Gasteiger partial charge in [0.25, 0.3) is 0 Å². The molecule has 0 aliphatic carbocycles. The molecule has 4 nitrogen and oxygen atoms in total. The third kappa shape index (κ3) is 4.62. The number of hydrogen-bond donors (Lipinski definition) is 3. The normalized spacial score (nSPS) is 9.32. The van der Waals surface area contributed by atoms with Gasteiger partial charge in [-0.05, 0) is 29.8 Å². The molecule has 0 spiro atoms. The smallest absolute Gasteiger partial charge is 0.323 e. The summed E-state index contributed by atoms with van der Waals surface area (Å²) < 4.78 is 0. The second-order valence-corrected chi connectivity index (χ2v) is 3.85. The number of rotatable bonds is 3. The van der Waals surface area contributed by atoms with Crippen LogP contribution in [-0.4, -0.2) is 6.03 Å². The molecule has 0 bridgehead atoms. The lowest BCUT2D eigenvalue weighted by Gasteiger charge is -2.07. The zero-order valence-corrected chi connectivity index (χ0v) is 11.1. The van der Waals surface area contributed by atoms with E-state index in [-0.39, 0.29) is 18.4 Å². The molecule has 100 valence electrons. The summed E-state index contributed by atoms with van der Waals surface area (Å²) in [5.74, 6) is 0. The van der Waals surface area contributed by atoms with E-state index in [4.69, 9.17) is 5.73 Å². The van der Waals surface area contributed by atoms with Gasteiger partial charge in [0.2, 0.25) is 0 Å². The SMILES string of the molecule is Cl.NCc1ccc(NC(=O)Nc2ccccc2)cc1. The first kappa shape index (κ1) is 15.0. The van der Waals surface area contributed by atoms with Gasteiger partial charge in [0.1, 0.15) is 0 Å². The Hall–Kier alpha value is -2.04. The van der Waals surface area contributed by atoms with E-state index in [1.54, 1.807) is 0 Å². The lowest BCUT2D eigenvalue weighted by atomic mass is 10.2. The van der Waals surface area contributed by atoms with Gasteiger partial charge in [-0.25, -0.2) is 4.79 Å². The number of nitrogens with one attached hydrogen (secondary N) is 2. The number of urea groups is 1. The number of benzene rings is 2. The highest BCUT2D eigenvalue weighted by atomic mass is 35.5. The van der Waals surface area contributed by atoms with E-state index in [1.165, 1.54) is 0 Å². The predicted molar refractivity (Wildman–Crippen MR) is 80.7 cm³/mol. The van der Waals surface area contributed by atoms with Crippen LogP contribution in [0.5, 0.6) is 0 Å². The van der Waals surface area contributed by atoms with Crippen LogP contribution in [0.4, 0.5) is 16.2 Å². The second-order valence-electron chi connectivity index (χ2n) is 3.85. The highest BCUT2D eigenvalue weighted by Crippen LogP contribution is 2.10. The topological polar surface area (TPSA) is 67.1 Å². The number of halogens is 1. The fourth-order valence-electron chi connectivity index (χ4n) is 1.54. The Labute approximate surface area is 118 Å². The zero-order valence-electron chi connectivity index (χ0n) is 10.3. The molecule has 2 rings (SSSR count). The lowest BCUT2D eigenvalue weighted by molar-refractivity contribution is 0.262. The summed E-state index contributed by atoms with van der Waals surface area (Å²) in [4.78, 5) is 11.7. The van der Waals surface area contributed by atoms with Gasteiger partial charge in [0.15, 0.2) is 0 Å². The fourth-order valence-corrected chi connectivity index (χ4v) is 1.54. The molecule has 2 aromatic carbocycles. The molecule has 19 heavy (non-hydrogen) atoms. The van der Waals surface area contributed by atoms with E-state index in [2.05, 4.69) is 10.6 Å². The van der Waals surface area contributed by atoms with Crippen LogP contribution in [-0.2, 0) is 6.54 Å². The van der Waals surface area contributed by atoms with Gasteiger partial charge in [-0.15, -0.1) is 12.4 Å². The van der Waals surface area contributed by atoms with Gasteiger partial charge in [0, 0.05) is 17.9 Å². The van der Waals surface area contributed by atoms with Gasteiger partial charge >= 0.3 is 6.03 Å². The maximum atomic E-state index is 11.7. The van der Waals surface area contributed by atoms with Crippen LogP contribution >= 0.6 is 12.4 Å². The van der Waals surface area contributed by atoms with Crippen LogP contribution in [0, 0.1) is 0 Å². The first-order valence-electron chi connectivity index (χ1n) is 5.70. The van der Waals surface area contributed by atoms with Crippen molar-refractivity contribution in [1.82, 2.24) is 0 Å². The molecule has 0 aliphatic heterocycles. The number of anilines is 2. The first-order chi connectivity index (χ1) is 8.78. The van der Waals surface area contributed by atoms with E-state index in [9.17, 15) is 4.79 Å². The molecule has 0 saturated carbocycles. The van der Waals surface area contributed by atoms with Crippen LogP contribution in [0.15, 0.2) is 54.6 Å². The molecular weight excluding hydrogens is 262 g/mol. The Bertz CT molecular complexity index is 514. The van der Waals surface area contributed by atoms with Gasteiger partial charge in [-0.1, -0.05) is 30.3 Å². The predicted octanol–water partition coefficient (Wildman–Crippen LogP) is 3.21. The third-order valence-corrected chi connectivity index (χ3v) is 2.48. The molecule has 4 N–H and O–H groups in total. The monoisotopic (exact) mass is 277 g/mol. The number of nitrogens with two attached hydrogens (primary N) is 1. The number of amides is 2. The Morgan fingerprint density at radius 1 is 0.895 bits per heavy atom. The Morgan fingerprint density at radius 3 is 1.95 bits per heavy atom. The molecule has 0 heterocycles. The van der Waals surface area contributed by atoms with Gasteiger partial charge in [-0.2, -0.15) is 0 Å². The number of para-hydroxylation sites is 1. The quantitative estimate of drug-likeness (QED) is 0.806. The maximum Gasteiger partial charge on any atom is 0.323 e. The maximum absolute atomic E-state index is 11.7. The summed E-state index contributed by atoms with van der Waals surface area (Å²) in [7, 11) is 0. The minimum atomic E-state index is -0.262. The van der Waals surface area contributed by atoms with Gasteiger partial charge in [-0.3, -0.25) is 0 Å². The van der Waals surface area contributed by atoms with Crippen LogP contribution in [0.1, 0.15) is 5.56 Å². The molecule has 0 fully saturated rings. The minimum absolute atomic E-state index is 0. The molecule has 0 unspecified atom stereocenters. The summed E-state index contributed by atoms with van der Waals surface area (Å²) in [5.41, 5.74) is 8.03. The summed E-state index contributed by atoms with van der Waals surface area (Å²) in [6.45, 7) is 0.497. The molecule has 0 aromatic heterocycles. The summed E-state index contributed by atoms with van der Waals surface area (Å²) in [6, 6.07) is 16.5. The van der Waals surface area contributed by atoms with E-state index < -0.39 is 0 Å². The van der Waals surface area contributed by atoms with E-state index in [0.717, 1.165) is 16.9 Å². The number of carbonyl (C=O) groups excluding carboxylic acids is 1. The summed E-state index contributed by atoms with van der Waals surface area (Å²) in [5, 5.41) is 5.50. The van der Waals surface area contributed by atoms with Crippen molar-refractivity contribution in [3.05, 3.63) is 60.2 Å². The highest BCUT2D eigenvalue weighted by molar-refractivity contribution is 5.99. The molecule has 5 heteroatoms. The van der Waals surface area contributed by atoms with Gasteiger partial charge < -0.3 is 16.4 Å². The highest BCUT2D eigenvalue weighted by Gasteiger charge is 2.01. The van der Waals surface area contributed by atoms with E-state index >= 15 is 0 Å². The standard InChI is InChI=1S/C14H15N3O.ClH/c15-10-11-6-8-13(9-7-11)17-14(18)16-12-4-2-1-3-5-12;/h1-9H,10,15H2,(H2,16,17,18);1H. The van der Waals surface area contributed by atoms with Crippen LogP contribution < -0.4 is 16.4 Å². The van der Waals surface area contributed by atoms with Crippen molar-refractivity contribution in [3.63, 3.8) is 0 Å². The first-order valence-corrected chi connectivity index (χ1v) is 5.70. The fraction of sp³-hybridized carbons (Fsp3) is 0.0714. The van der Waals surface area contributed by atoms with Crippen LogP contribution in [0.25, 0.3) is 0 Å². The van der Waals surface area contributed by atoms with Crippen molar-refractivity contribution >= 4 is 29.8 Å². The summed E-state index contributed by atoms with van der Waals surface area (Å²) in [6.07, 6.45) is 0. The molecule has 0 aliphatic rings. The zero-order chi connectivity index (χ0) is 12.8. The molecule has 2 aromatic rings. The van der Waals surface area contributed by atoms with Crippen molar-refractivity contribution in [1.29, 1.82) is 0 Å². The third-order valence-electron chi connectivity index (χ3n) is 2.48. The number of carbonyl (C=O) groups is 1. The van der Waals surface area contributed by atoms with Crippen molar-refractivity contribution in [2.24, 2.45) is 5.73 Å². The van der Waals surface area contributed by atoms with E-state index in [1.807, 2.05) is 54.6 Å². The average Bonchev–Trinajstić information content (AvgIpc) is 2.40. The Balaban J connectivity index is 0.00000180. The minimum Gasteiger partial charge on any atom is -0.326 e. The van der Waals surface area contributed by atoms with Crippen LogP contribution in [0.2, 0.25) is 0 Å². The largest absolute Gasteiger partial charge is 0.326 e. The Morgan fingerprint density at radius 2 is 1.42 bits per heavy atom. The van der Waals surface area contributed by atoms with Crippen molar-refractivity contribution in [2.45, 2.75) is 6.54 Å². The molecule has 0 saturated heterocycles. The average molecular weight is 278 g/mol. The van der Waals surface area contributed by atoms with Crippen molar-refractivity contribution < 1.29 is 4.79 Å². The van der Waals surface area contributed by atoms with Gasteiger partial charge in [0.05, 0.1) is 0 Å². The molecular formula is C14H16ClN3O.